The van der Waals surface area contributed by atoms with Crippen molar-refractivity contribution < 1.29 is 4.79 Å². The van der Waals surface area contributed by atoms with Crippen molar-refractivity contribution in [2.45, 2.75) is 31.3 Å². The van der Waals surface area contributed by atoms with Gasteiger partial charge in [-0.15, -0.1) is 0 Å². The van der Waals surface area contributed by atoms with Gasteiger partial charge in [0.1, 0.15) is 12.1 Å². The Kier molecular flexibility index (Phi) is 3.19. The lowest BCUT2D eigenvalue weighted by Gasteiger charge is -2.17. The number of hydrogen-bond donors (Lipinski definition) is 1. The Balaban J connectivity index is 1.48. The predicted octanol–water partition coefficient (Wildman–Crippen LogP) is 1.97. The average Bonchev–Trinajstić information content (AvgIpc) is 3.24. The van der Waals surface area contributed by atoms with Crippen LogP contribution in [-0.2, 0) is 4.79 Å². The molecule has 1 N–H and O–H groups in total. The van der Waals surface area contributed by atoms with Crippen molar-refractivity contribution in [2.24, 2.45) is 0 Å². The minimum atomic E-state index is 0.0894. The fourth-order valence-corrected chi connectivity index (χ4v) is 3.45. The first-order valence-corrected chi connectivity index (χ1v) is 8.60. The Bertz CT molecular complexity index is 933. The molecule has 1 aliphatic heterocycles. The molecule has 7 heteroatoms. The zero-order valence-electron chi connectivity index (χ0n) is 13.7. The highest BCUT2D eigenvalue weighted by Crippen LogP contribution is 2.31. The van der Waals surface area contributed by atoms with Gasteiger partial charge in [0, 0.05) is 30.6 Å². The van der Waals surface area contributed by atoms with Gasteiger partial charge in [0.15, 0.2) is 0 Å². The molecule has 1 saturated heterocycles. The van der Waals surface area contributed by atoms with Crippen LogP contribution in [0.5, 0.6) is 0 Å². The van der Waals surface area contributed by atoms with Crippen LogP contribution >= 0.6 is 0 Å². The highest BCUT2D eigenvalue weighted by atomic mass is 16.2. The smallest absolute Gasteiger partial charge is 0.254 e. The van der Waals surface area contributed by atoms with Gasteiger partial charge in [-0.1, -0.05) is 30.3 Å². The normalized spacial score (nSPS) is 20.4. The van der Waals surface area contributed by atoms with Crippen LogP contribution < -0.4 is 5.32 Å². The molecule has 7 nitrogen and oxygen atoms in total. The van der Waals surface area contributed by atoms with Crippen LogP contribution in [-0.4, -0.2) is 49.0 Å². The predicted molar refractivity (Wildman–Crippen MR) is 93.0 cm³/mol. The number of nitrogens with one attached hydrogen (secondary N) is 1. The zero-order valence-corrected chi connectivity index (χ0v) is 13.7. The summed E-state index contributed by atoms with van der Waals surface area (Å²) in [5.74, 6) is 1.61. The van der Waals surface area contributed by atoms with E-state index in [-0.39, 0.29) is 11.9 Å². The molecule has 1 saturated carbocycles. The first kappa shape index (κ1) is 14.4. The van der Waals surface area contributed by atoms with Crippen molar-refractivity contribution in [1.29, 1.82) is 0 Å². The number of fused-ring (bicyclic) bond motifs is 1. The van der Waals surface area contributed by atoms with E-state index in [2.05, 4.69) is 20.4 Å². The van der Waals surface area contributed by atoms with Gasteiger partial charge >= 0.3 is 0 Å². The summed E-state index contributed by atoms with van der Waals surface area (Å²) in [5, 5.41) is 7.74. The molecule has 0 radical (unpaired) electrons. The standard InChI is InChI=1S/C18H18N6O/c25-17-8-13(10-23(17)14-6-7-14)21-16-9-15(12-4-2-1-3-5-12)22-18-19-11-20-24(16)18/h1-5,9,11,13-14,21H,6-8,10H2/t13-/m0/s1. The summed E-state index contributed by atoms with van der Waals surface area (Å²) < 4.78 is 1.69. The Morgan fingerprint density at radius 3 is 2.80 bits per heavy atom. The van der Waals surface area contributed by atoms with E-state index in [0.29, 0.717) is 18.2 Å². The molecule has 0 unspecified atom stereocenters. The maximum absolute atomic E-state index is 12.2. The number of rotatable bonds is 4. The first-order chi connectivity index (χ1) is 12.3. The summed E-state index contributed by atoms with van der Waals surface area (Å²) in [6.45, 7) is 0.753. The van der Waals surface area contributed by atoms with Gasteiger partial charge in [-0.2, -0.15) is 14.6 Å². The molecule has 0 spiro atoms. The van der Waals surface area contributed by atoms with Gasteiger partial charge in [0.05, 0.1) is 11.7 Å². The van der Waals surface area contributed by atoms with Crippen molar-refractivity contribution in [2.75, 3.05) is 11.9 Å². The number of nitrogens with zero attached hydrogens (tertiary/aromatic N) is 5. The largest absolute Gasteiger partial charge is 0.365 e. The molecule has 5 rings (SSSR count). The zero-order chi connectivity index (χ0) is 16.8. The molecule has 126 valence electrons. The maximum atomic E-state index is 12.2. The van der Waals surface area contributed by atoms with Gasteiger partial charge < -0.3 is 10.2 Å². The van der Waals surface area contributed by atoms with Crippen LogP contribution in [0.1, 0.15) is 19.3 Å². The van der Waals surface area contributed by atoms with Crippen molar-refractivity contribution in [3.63, 3.8) is 0 Å². The monoisotopic (exact) mass is 334 g/mol. The first-order valence-electron chi connectivity index (χ1n) is 8.60. The highest BCUT2D eigenvalue weighted by Gasteiger charge is 2.39. The second-order valence-electron chi connectivity index (χ2n) is 6.69. The van der Waals surface area contributed by atoms with E-state index in [1.807, 2.05) is 41.3 Å². The molecule has 3 aromatic rings. The molecule has 2 aliphatic rings. The molecule has 2 aromatic heterocycles. The highest BCUT2D eigenvalue weighted by molar-refractivity contribution is 5.80. The SMILES string of the molecule is O=C1C[C@H](Nc2cc(-c3ccccc3)nc3ncnn23)CN1C1CC1. The molecular formula is C18H18N6O. The van der Waals surface area contributed by atoms with E-state index in [0.717, 1.165) is 36.5 Å². The number of aromatic nitrogens is 4. The van der Waals surface area contributed by atoms with Crippen LogP contribution in [0.15, 0.2) is 42.7 Å². The van der Waals surface area contributed by atoms with Gasteiger partial charge in [-0.25, -0.2) is 4.98 Å². The lowest BCUT2D eigenvalue weighted by molar-refractivity contribution is -0.128. The van der Waals surface area contributed by atoms with Gasteiger partial charge in [-0.3, -0.25) is 4.79 Å². The molecular weight excluding hydrogens is 316 g/mol. The number of anilines is 1. The summed E-state index contributed by atoms with van der Waals surface area (Å²) in [5.41, 5.74) is 1.87. The van der Waals surface area contributed by atoms with Crippen LogP contribution in [0.4, 0.5) is 5.82 Å². The molecule has 1 aromatic carbocycles. The lowest BCUT2D eigenvalue weighted by Crippen LogP contribution is -2.30. The molecule has 3 heterocycles. The van der Waals surface area contributed by atoms with E-state index in [4.69, 9.17) is 0 Å². The van der Waals surface area contributed by atoms with Crippen molar-refractivity contribution in [3.05, 3.63) is 42.7 Å². The fraction of sp³-hybridized carbons (Fsp3) is 0.333. The summed E-state index contributed by atoms with van der Waals surface area (Å²) in [7, 11) is 0. The number of amides is 1. The molecule has 1 atom stereocenters. The van der Waals surface area contributed by atoms with Crippen molar-refractivity contribution >= 4 is 17.5 Å². The fourth-order valence-electron chi connectivity index (χ4n) is 3.45. The number of likely N-dealkylation sites (tertiary alicyclic amines) is 1. The minimum absolute atomic E-state index is 0.0894. The van der Waals surface area contributed by atoms with Crippen molar-refractivity contribution in [3.8, 4) is 11.3 Å². The Morgan fingerprint density at radius 1 is 1.16 bits per heavy atom. The second-order valence-corrected chi connectivity index (χ2v) is 6.69. The minimum Gasteiger partial charge on any atom is -0.365 e. The average molecular weight is 334 g/mol. The van der Waals surface area contributed by atoms with Crippen molar-refractivity contribution in [1.82, 2.24) is 24.5 Å². The summed E-state index contributed by atoms with van der Waals surface area (Å²) in [6.07, 6.45) is 4.30. The van der Waals surface area contributed by atoms with Gasteiger partial charge in [0.25, 0.3) is 5.78 Å². The topological polar surface area (TPSA) is 75.4 Å². The third kappa shape index (κ3) is 2.61. The molecule has 1 aliphatic carbocycles. The Hall–Kier alpha value is -2.96. The molecule has 1 amide bonds. The van der Waals surface area contributed by atoms with E-state index < -0.39 is 0 Å². The number of carbonyl (C=O) groups is 1. The number of hydrogen-bond acceptors (Lipinski definition) is 5. The summed E-state index contributed by atoms with van der Waals surface area (Å²) in [4.78, 5) is 23.0. The number of benzene rings is 1. The molecule has 0 bridgehead atoms. The Labute approximate surface area is 144 Å². The van der Waals surface area contributed by atoms with Gasteiger partial charge in [0.2, 0.25) is 5.91 Å². The van der Waals surface area contributed by atoms with Gasteiger partial charge in [-0.05, 0) is 12.8 Å². The van der Waals surface area contributed by atoms with E-state index >= 15 is 0 Å². The van der Waals surface area contributed by atoms with E-state index in [9.17, 15) is 4.79 Å². The molecule has 2 fully saturated rings. The van der Waals surface area contributed by atoms with Crippen LogP contribution in [0.3, 0.4) is 0 Å². The van der Waals surface area contributed by atoms with E-state index in [1.165, 1.54) is 6.33 Å². The lowest BCUT2D eigenvalue weighted by atomic mass is 10.1. The summed E-state index contributed by atoms with van der Waals surface area (Å²) in [6, 6.07) is 12.5. The number of carbonyl (C=O) groups excluding carboxylic acids is 1. The summed E-state index contributed by atoms with van der Waals surface area (Å²) >= 11 is 0. The second kappa shape index (κ2) is 5.54. The van der Waals surface area contributed by atoms with Crippen LogP contribution in [0, 0.1) is 0 Å². The van der Waals surface area contributed by atoms with Crippen LogP contribution in [0.2, 0.25) is 0 Å². The van der Waals surface area contributed by atoms with Crippen LogP contribution in [0.25, 0.3) is 17.0 Å². The molecule has 25 heavy (non-hydrogen) atoms. The van der Waals surface area contributed by atoms with E-state index in [1.54, 1.807) is 4.52 Å². The Morgan fingerprint density at radius 2 is 2.00 bits per heavy atom. The third-order valence-corrected chi connectivity index (χ3v) is 4.82. The third-order valence-electron chi connectivity index (χ3n) is 4.82. The quantitative estimate of drug-likeness (QED) is 0.789. The maximum Gasteiger partial charge on any atom is 0.254 e.